The number of hydrogen-bond acceptors (Lipinski definition) is 3. The maximum atomic E-state index is 11.6. The molecule has 4 heteroatoms. The first kappa shape index (κ1) is 14.5. The lowest BCUT2D eigenvalue weighted by atomic mass is 10.2. The molecule has 0 saturated carbocycles. The zero-order chi connectivity index (χ0) is 13.5. The van der Waals surface area contributed by atoms with Crippen LogP contribution >= 0.6 is 0 Å². The van der Waals surface area contributed by atoms with Gasteiger partial charge in [-0.25, -0.2) is 0 Å². The molecule has 1 rings (SSSR count). The molecular formula is C14H22N2O2. The second-order valence-electron chi connectivity index (χ2n) is 4.58. The summed E-state index contributed by atoms with van der Waals surface area (Å²) in [6.45, 7) is 6.45. The van der Waals surface area contributed by atoms with E-state index in [4.69, 9.17) is 10.5 Å². The summed E-state index contributed by atoms with van der Waals surface area (Å²) in [5.41, 5.74) is 7.19. The van der Waals surface area contributed by atoms with Crippen LogP contribution in [-0.2, 0) is 4.79 Å². The van der Waals surface area contributed by atoms with Gasteiger partial charge in [0, 0.05) is 12.1 Å². The molecule has 0 aliphatic rings. The van der Waals surface area contributed by atoms with Crippen molar-refractivity contribution in [2.24, 2.45) is 5.73 Å². The predicted octanol–water partition coefficient (Wildman–Crippen LogP) is 2.46. The molecule has 0 aliphatic heterocycles. The van der Waals surface area contributed by atoms with E-state index in [1.807, 2.05) is 39.0 Å². The maximum absolute atomic E-state index is 11.6. The molecule has 4 nitrogen and oxygen atoms in total. The number of aryl methyl sites for hydroxylation is 1. The SMILES string of the molecule is Cc1cc(OC(C)C)ccc1NC(=O)CCCN. The van der Waals surface area contributed by atoms with E-state index < -0.39 is 0 Å². The lowest BCUT2D eigenvalue weighted by Crippen LogP contribution is -2.14. The van der Waals surface area contributed by atoms with Crippen molar-refractivity contribution in [3.8, 4) is 5.75 Å². The summed E-state index contributed by atoms with van der Waals surface area (Å²) in [6, 6.07) is 5.66. The number of nitrogens with one attached hydrogen (secondary N) is 1. The molecule has 100 valence electrons. The van der Waals surface area contributed by atoms with Crippen molar-refractivity contribution in [1.29, 1.82) is 0 Å². The molecule has 0 atom stereocenters. The molecule has 1 amide bonds. The van der Waals surface area contributed by atoms with Crippen LogP contribution in [0.1, 0.15) is 32.3 Å². The van der Waals surface area contributed by atoms with E-state index in [2.05, 4.69) is 5.32 Å². The second kappa shape index (κ2) is 7.01. The zero-order valence-corrected chi connectivity index (χ0v) is 11.3. The average Bonchev–Trinajstić information content (AvgIpc) is 2.29. The van der Waals surface area contributed by atoms with Crippen molar-refractivity contribution in [2.75, 3.05) is 11.9 Å². The van der Waals surface area contributed by atoms with Gasteiger partial charge in [0.2, 0.25) is 5.91 Å². The van der Waals surface area contributed by atoms with Gasteiger partial charge in [0.25, 0.3) is 0 Å². The third-order valence-corrected chi connectivity index (χ3v) is 2.45. The minimum atomic E-state index is 0.000998. The van der Waals surface area contributed by atoms with E-state index in [9.17, 15) is 4.79 Å². The lowest BCUT2D eigenvalue weighted by Gasteiger charge is -2.13. The standard InChI is InChI=1S/C14H22N2O2/c1-10(2)18-12-6-7-13(11(3)9-12)16-14(17)5-4-8-15/h6-7,9-10H,4-5,8,15H2,1-3H3,(H,16,17). The molecule has 18 heavy (non-hydrogen) atoms. The van der Waals surface area contributed by atoms with E-state index in [1.54, 1.807) is 0 Å². The molecule has 0 aliphatic carbocycles. The quantitative estimate of drug-likeness (QED) is 0.815. The number of carbonyl (C=O) groups excluding carboxylic acids is 1. The Morgan fingerprint density at radius 3 is 2.72 bits per heavy atom. The fourth-order valence-electron chi connectivity index (χ4n) is 1.60. The third-order valence-electron chi connectivity index (χ3n) is 2.45. The molecule has 0 aromatic heterocycles. The Labute approximate surface area is 109 Å². The lowest BCUT2D eigenvalue weighted by molar-refractivity contribution is -0.116. The molecule has 1 aromatic carbocycles. The first-order valence-electron chi connectivity index (χ1n) is 6.30. The minimum Gasteiger partial charge on any atom is -0.491 e. The monoisotopic (exact) mass is 250 g/mol. The number of carbonyl (C=O) groups is 1. The van der Waals surface area contributed by atoms with Crippen molar-refractivity contribution < 1.29 is 9.53 Å². The number of anilines is 1. The molecule has 0 unspecified atom stereocenters. The Balaban J connectivity index is 2.64. The highest BCUT2D eigenvalue weighted by Crippen LogP contribution is 2.22. The fourth-order valence-corrected chi connectivity index (χ4v) is 1.60. The predicted molar refractivity (Wildman–Crippen MR) is 73.9 cm³/mol. The van der Waals surface area contributed by atoms with E-state index >= 15 is 0 Å². The number of rotatable bonds is 6. The number of ether oxygens (including phenoxy) is 1. The van der Waals surface area contributed by atoms with Gasteiger partial charge in [-0.05, 0) is 57.5 Å². The highest BCUT2D eigenvalue weighted by molar-refractivity contribution is 5.91. The molecule has 0 fully saturated rings. The van der Waals surface area contributed by atoms with Gasteiger partial charge in [0.1, 0.15) is 5.75 Å². The molecule has 3 N–H and O–H groups in total. The Morgan fingerprint density at radius 1 is 1.44 bits per heavy atom. The number of amides is 1. The summed E-state index contributed by atoms with van der Waals surface area (Å²) in [4.78, 5) is 11.6. The van der Waals surface area contributed by atoms with Gasteiger partial charge in [-0.2, -0.15) is 0 Å². The molecular weight excluding hydrogens is 228 g/mol. The molecule has 0 spiro atoms. The number of nitrogens with two attached hydrogens (primary N) is 1. The van der Waals surface area contributed by atoms with Gasteiger partial charge >= 0.3 is 0 Å². The van der Waals surface area contributed by atoms with Crippen LogP contribution in [0.2, 0.25) is 0 Å². The highest BCUT2D eigenvalue weighted by atomic mass is 16.5. The summed E-state index contributed by atoms with van der Waals surface area (Å²) in [7, 11) is 0. The largest absolute Gasteiger partial charge is 0.491 e. The first-order valence-corrected chi connectivity index (χ1v) is 6.30. The third kappa shape index (κ3) is 4.75. The van der Waals surface area contributed by atoms with Crippen LogP contribution in [0.25, 0.3) is 0 Å². The summed E-state index contributed by atoms with van der Waals surface area (Å²) >= 11 is 0. The highest BCUT2D eigenvalue weighted by Gasteiger charge is 2.06. The number of benzene rings is 1. The van der Waals surface area contributed by atoms with Crippen molar-refractivity contribution in [3.05, 3.63) is 23.8 Å². The van der Waals surface area contributed by atoms with Gasteiger partial charge in [-0.3, -0.25) is 4.79 Å². The van der Waals surface area contributed by atoms with E-state index in [0.29, 0.717) is 19.4 Å². The normalized spacial score (nSPS) is 10.5. The van der Waals surface area contributed by atoms with Crippen LogP contribution in [-0.4, -0.2) is 18.6 Å². The van der Waals surface area contributed by atoms with Gasteiger partial charge < -0.3 is 15.8 Å². The van der Waals surface area contributed by atoms with Crippen LogP contribution < -0.4 is 15.8 Å². The second-order valence-corrected chi connectivity index (χ2v) is 4.58. The van der Waals surface area contributed by atoms with Crippen LogP contribution in [0.3, 0.4) is 0 Å². The van der Waals surface area contributed by atoms with E-state index in [0.717, 1.165) is 17.0 Å². The van der Waals surface area contributed by atoms with Gasteiger partial charge in [-0.15, -0.1) is 0 Å². The van der Waals surface area contributed by atoms with Gasteiger partial charge in [0.15, 0.2) is 0 Å². The zero-order valence-electron chi connectivity index (χ0n) is 11.3. The van der Waals surface area contributed by atoms with Crippen molar-refractivity contribution in [2.45, 2.75) is 39.7 Å². The van der Waals surface area contributed by atoms with Gasteiger partial charge in [-0.1, -0.05) is 0 Å². The van der Waals surface area contributed by atoms with Crippen LogP contribution in [0, 0.1) is 6.92 Å². The summed E-state index contributed by atoms with van der Waals surface area (Å²) in [5, 5.41) is 2.88. The van der Waals surface area contributed by atoms with Crippen LogP contribution in [0.15, 0.2) is 18.2 Å². The Bertz CT molecular complexity index is 403. The summed E-state index contributed by atoms with van der Waals surface area (Å²) < 4.78 is 5.59. The topological polar surface area (TPSA) is 64.3 Å². The molecule has 0 bridgehead atoms. The van der Waals surface area contributed by atoms with Crippen molar-refractivity contribution >= 4 is 11.6 Å². The first-order chi connectivity index (χ1) is 8.52. The van der Waals surface area contributed by atoms with Gasteiger partial charge in [0.05, 0.1) is 6.10 Å². The van der Waals surface area contributed by atoms with Crippen molar-refractivity contribution in [1.82, 2.24) is 0 Å². The Hall–Kier alpha value is -1.55. The smallest absolute Gasteiger partial charge is 0.224 e. The fraction of sp³-hybridized carbons (Fsp3) is 0.500. The Kier molecular flexibility index (Phi) is 5.65. The average molecular weight is 250 g/mol. The summed E-state index contributed by atoms with van der Waals surface area (Å²) in [6.07, 6.45) is 1.31. The minimum absolute atomic E-state index is 0.000998. The number of hydrogen-bond donors (Lipinski definition) is 2. The Morgan fingerprint density at radius 2 is 2.17 bits per heavy atom. The van der Waals surface area contributed by atoms with E-state index in [-0.39, 0.29) is 12.0 Å². The molecule has 1 aromatic rings. The summed E-state index contributed by atoms with van der Waals surface area (Å²) in [5.74, 6) is 0.823. The maximum Gasteiger partial charge on any atom is 0.224 e. The molecule has 0 radical (unpaired) electrons. The van der Waals surface area contributed by atoms with Crippen LogP contribution in [0.4, 0.5) is 5.69 Å². The van der Waals surface area contributed by atoms with Crippen LogP contribution in [0.5, 0.6) is 5.75 Å². The molecule has 0 heterocycles. The molecule has 0 saturated heterocycles. The van der Waals surface area contributed by atoms with Crippen molar-refractivity contribution in [3.63, 3.8) is 0 Å². The van der Waals surface area contributed by atoms with E-state index in [1.165, 1.54) is 0 Å².